The SMILES string of the molecule is CCNC(=NCc1csc(N(C)C)n1)NCCCOc1ccccc1C. The van der Waals surface area contributed by atoms with Crippen LogP contribution in [-0.2, 0) is 6.54 Å². The minimum atomic E-state index is 0.569. The number of aryl methyl sites for hydroxylation is 1. The number of nitrogens with one attached hydrogen (secondary N) is 2. The lowest BCUT2D eigenvalue weighted by atomic mass is 10.2. The molecule has 0 aliphatic heterocycles. The van der Waals surface area contributed by atoms with Gasteiger partial charge in [0.05, 0.1) is 18.8 Å². The molecular weight excluding hydrogens is 346 g/mol. The van der Waals surface area contributed by atoms with Crippen molar-refractivity contribution in [3.05, 3.63) is 40.9 Å². The first-order valence-corrected chi connectivity index (χ1v) is 9.80. The van der Waals surface area contributed by atoms with Crippen LogP contribution in [0.4, 0.5) is 5.13 Å². The summed E-state index contributed by atoms with van der Waals surface area (Å²) in [6, 6.07) is 8.08. The Morgan fingerprint density at radius 3 is 2.77 bits per heavy atom. The third-order valence-electron chi connectivity index (χ3n) is 3.63. The maximum Gasteiger partial charge on any atom is 0.191 e. The average Bonchev–Trinajstić information content (AvgIpc) is 3.10. The van der Waals surface area contributed by atoms with Crippen LogP contribution in [0.15, 0.2) is 34.6 Å². The van der Waals surface area contributed by atoms with E-state index in [4.69, 9.17) is 4.74 Å². The van der Waals surface area contributed by atoms with Crippen LogP contribution in [0.2, 0.25) is 0 Å². The van der Waals surface area contributed by atoms with Gasteiger partial charge in [-0.1, -0.05) is 18.2 Å². The number of ether oxygens (including phenoxy) is 1. The van der Waals surface area contributed by atoms with Crippen LogP contribution in [0.1, 0.15) is 24.6 Å². The molecular formula is C19H29N5OS. The molecule has 0 spiro atoms. The van der Waals surface area contributed by atoms with Gasteiger partial charge in [0, 0.05) is 32.6 Å². The number of thiazole rings is 1. The topological polar surface area (TPSA) is 61.8 Å². The largest absolute Gasteiger partial charge is 0.493 e. The Bertz CT molecular complexity index is 699. The van der Waals surface area contributed by atoms with E-state index < -0.39 is 0 Å². The molecule has 0 radical (unpaired) electrons. The van der Waals surface area contributed by atoms with E-state index in [-0.39, 0.29) is 0 Å². The van der Waals surface area contributed by atoms with Crippen LogP contribution in [0.3, 0.4) is 0 Å². The van der Waals surface area contributed by atoms with Crippen LogP contribution in [-0.4, -0.2) is 44.7 Å². The van der Waals surface area contributed by atoms with Gasteiger partial charge < -0.3 is 20.3 Å². The molecule has 142 valence electrons. The van der Waals surface area contributed by atoms with Crippen molar-refractivity contribution in [3.8, 4) is 5.75 Å². The van der Waals surface area contributed by atoms with E-state index in [1.54, 1.807) is 11.3 Å². The zero-order chi connectivity index (χ0) is 18.8. The van der Waals surface area contributed by atoms with Crippen molar-refractivity contribution < 1.29 is 4.74 Å². The Labute approximate surface area is 160 Å². The second-order valence-electron chi connectivity index (χ2n) is 6.11. The molecule has 2 aromatic rings. The van der Waals surface area contributed by atoms with Crippen molar-refractivity contribution in [2.45, 2.75) is 26.8 Å². The summed E-state index contributed by atoms with van der Waals surface area (Å²) in [5.74, 6) is 1.76. The highest BCUT2D eigenvalue weighted by Crippen LogP contribution is 2.18. The maximum atomic E-state index is 5.82. The number of nitrogens with zero attached hydrogens (tertiary/aromatic N) is 3. The normalized spacial score (nSPS) is 11.3. The summed E-state index contributed by atoms with van der Waals surface area (Å²) < 4.78 is 5.82. The second kappa shape index (κ2) is 10.7. The monoisotopic (exact) mass is 375 g/mol. The van der Waals surface area contributed by atoms with Gasteiger partial charge in [0.15, 0.2) is 11.1 Å². The van der Waals surface area contributed by atoms with Gasteiger partial charge in [-0.3, -0.25) is 0 Å². The molecule has 26 heavy (non-hydrogen) atoms. The molecule has 0 amide bonds. The van der Waals surface area contributed by atoms with Gasteiger partial charge in [-0.25, -0.2) is 9.98 Å². The fraction of sp³-hybridized carbons (Fsp3) is 0.474. The zero-order valence-electron chi connectivity index (χ0n) is 16.1. The summed E-state index contributed by atoms with van der Waals surface area (Å²) in [5.41, 5.74) is 2.15. The van der Waals surface area contributed by atoms with E-state index in [1.807, 2.05) is 37.2 Å². The van der Waals surface area contributed by atoms with Crippen molar-refractivity contribution in [2.24, 2.45) is 4.99 Å². The number of anilines is 1. The van der Waals surface area contributed by atoms with Crippen LogP contribution in [0, 0.1) is 6.92 Å². The van der Waals surface area contributed by atoms with Crippen LogP contribution in [0.25, 0.3) is 0 Å². The predicted octanol–water partition coefficient (Wildman–Crippen LogP) is 3.04. The maximum absolute atomic E-state index is 5.82. The van der Waals surface area contributed by atoms with E-state index in [1.165, 1.54) is 0 Å². The number of guanidine groups is 1. The van der Waals surface area contributed by atoms with E-state index >= 15 is 0 Å². The Morgan fingerprint density at radius 1 is 1.27 bits per heavy atom. The molecule has 0 aliphatic carbocycles. The summed E-state index contributed by atoms with van der Waals surface area (Å²) in [6.45, 7) is 6.99. The van der Waals surface area contributed by atoms with Gasteiger partial charge in [-0.15, -0.1) is 11.3 Å². The molecule has 0 saturated carbocycles. The van der Waals surface area contributed by atoms with Crippen molar-refractivity contribution in [1.82, 2.24) is 15.6 Å². The molecule has 6 nitrogen and oxygen atoms in total. The number of rotatable bonds is 9. The van der Waals surface area contributed by atoms with Crippen LogP contribution >= 0.6 is 11.3 Å². The molecule has 7 heteroatoms. The summed E-state index contributed by atoms with van der Waals surface area (Å²) in [4.78, 5) is 11.2. The number of benzene rings is 1. The standard InChI is InChI=1S/C19H29N5OS/c1-5-20-18(22-13-16-14-26-19(23-16)24(3)4)21-11-8-12-25-17-10-7-6-9-15(17)2/h6-7,9-10,14H,5,8,11-13H2,1-4H3,(H2,20,21,22). The van der Waals surface area contributed by atoms with E-state index in [2.05, 4.69) is 45.9 Å². The quantitative estimate of drug-likeness (QED) is 0.401. The molecule has 0 atom stereocenters. The molecule has 0 unspecified atom stereocenters. The van der Waals surface area contributed by atoms with Crippen molar-refractivity contribution in [2.75, 3.05) is 38.7 Å². The molecule has 1 aromatic carbocycles. The van der Waals surface area contributed by atoms with Gasteiger partial charge in [-0.2, -0.15) is 0 Å². The van der Waals surface area contributed by atoms with Gasteiger partial charge in [0.1, 0.15) is 5.75 Å². The smallest absolute Gasteiger partial charge is 0.191 e. The zero-order valence-corrected chi connectivity index (χ0v) is 16.9. The molecule has 0 fully saturated rings. The molecule has 0 saturated heterocycles. The lowest BCUT2D eigenvalue weighted by Gasteiger charge is -2.12. The van der Waals surface area contributed by atoms with E-state index in [0.29, 0.717) is 13.2 Å². The number of hydrogen-bond donors (Lipinski definition) is 2. The summed E-state index contributed by atoms with van der Waals surface area (Å²) >= 11 is 1.63. The highest BCUT2D eigenvalue weighted by atomic mass is 32.1. The van der Waals surface area contributed by atoms with Crippen LogP contribution in [0.5, 0.6) is 5.75 Å². The average molecular weight is 376 g/mol. The van der Waals surface area contributed by atoms with Crippen molar-refractivity contribution >= 4 is 22.4 Å². The predicted molar refractivity (Wildman–Crippen MR) is 111 cm³/mol. The van der Waals surface area contributed by atoms with Gasteiger partial charge in [0.2, 0.25) is 0 Å². The lowest BCUT2D eigenvalue weighted by molar-refractivity contribution is 0.309. The Balaban J connectivity index is 1.75. The number of aliphatic imine (C=N–C) groups is 1. The van der Waals surface area contributed by atoms with E-state index in [9.17, 15) is 0 Å². The Kier molecular flexibility index (Phi) is 8.21. The minimum absolute atomic E-state index is 0.569. The number of para-hydroxylation sites is 1. The Hall–Kier alpha value is -2.28. The highest BCUT2D eigenvalue weighted by molar-refractivity contribution is 7.13. The molecule has 0 aliphatic rings. The van der Waals surface area contributed by atoms with Crippen molar-refractivity contribution in [3.63, 3.8) is 0 Å². The first-order chi connectivity index (χ1) is 12.6. The Morgan fingerprint density at radius 2 is 2.08 bits per heavy atom. The first kappa shape index (κ1) is 20.0. The lowest BCUT2D eigenvalue weighted by Crippen LogP contribution is -2.38. The fourth-order valence-corrected chi connectivity index (χ4v) is 3.01. The van der Waals surface area contributed by atoms with Gasteiger partial charge in [-0.05, 0) is 31.9 Å². The third kappa shape index (κ3) is 6.55. The molecule has 0 bridgehead atoms. The second-order valence-corrected chi connectivity index (χ2v) is 6.94. The van der Waals surface area contributed by atoms with Gasteiger partial charge in [0.25, 0.3) is 0 Å². The summed E-state index contributed by atoms with van der Waals surface area (Å²) in [7, 11) is 3.99. The number of hydrogen-bond acceptors (Lipinski definition) is 5. The first-order valence-electron chi connectivity index (χ1n) is 8.92. The van der Waals surface area contributed by atoms with E-state index in [0.717, 1.165) is 47.6 Å². The fourth-order valence-electron chi connectivity index (χ4n) is 2.26. The third-order valence-corrected chi connectivity index (χ3v) is 4.69. The molecule has 1 aromatic heterocycles. The highest BCUT2D eigenvalue weighted by Gasteiger charge is 2.04. The summed E-state index contributed by atoms with van der Waals surface area (Å²) in [6.07, 6.45) is 0.903. The molecule has 2 N–H and O–H groups in total. The van der Waals surface area contributed by atoms with Crippen LogP contribution < -0.4 is 20.3 Å². The van der Waals surface area contributed by atoms with Crippen molar-refractivity contribution in [1.29, 1.82) is 0 Å². The molecule has 2 rings (SSSR count). The minimum Gasteiger partial charge on any atom is -0.493 e. The number of aromatic nitrogens is 1. The molecule has 1 heterocycles. The summed E-state index contributed by atoms with van der Waals surface area (Å²) in [5, 5.41) is 9.66. The van der Waals surface area contributed by atoms with Gasteiger partial charge >= 0.3 is 0 Å².